The minimum atomic E-state index is -0.332. The molecule has 0 bridgehead atoms. The molecule has 4 rings (SSSR count). The number of carbonyl (C=O) groups is 2. The molecule has 0 aliphatic carbocycles. The molecule has 1 aliphatic rings. The Morgan fingerprint density at radius 2 is 1.71 bits per heavy atom. The molecule has 1 aliphatic heterocycles. The summed E-state index contributed by atoms with van der Waals surface area (Å²) in [4.78, 5) is 27.9. The Balaban J connectivity index is 1.56. The monoisotopic (exact) mass is 468 g/mol. The van der Waals surface area contributed by atoms with Crippen LogP contribution >= 0.6 is 0 Å². The van der Waals surface area contributed by atoms with Gasteiger partial charge in [0.1, 0.15) is 6.54 Å². The molecule has 0 spiro atoms. The average Bonchev–Trinajstić information content (AvgIpc) is 2.83. The van der Waals surface area contributed by atoms with Gasteiger partial charge in [-0.1, -0.05) is 87.0 Å². The summed E-state index contributed by atoms with van der Waals surface area (Å²) in [5.41, 5.74) is 4.78. The summed E-state index contributed by atoms with van der Waals surface area (Å²) < 4.78 is 6.01. The Bertz CT molecular complexity index is 1240. The molecule has 0 saturated heterocycles. The molecule has 3 aromatic carbocycles. The van der Waals surface area contributed by atoms with Crippen molar-refractivity contribution < 1.29 is 14.3 Å². The normalized spacial score (nSPS) is 14.5. The maximum absolute atomic E-state index is 13.5. The zero-order valence-electron chi connectivity index (χ0n) is 20.8. The second-order valence-electron chi connectivity index (χ2n) is 9.93. The van der Waals surface area contributed by atoms with Gasteiger partial charge >= 0.3 is 0 Å². The van der Waals surface area contributed by atoms with E-state index in [2.05, 4.69) is 50.4 Å². The molecule has 1 heterocycles. The van der Waals surface area contributed by atoms with Crippen LogP contribution in [-0.4, -0.2) is 24.9 Å². The lowest BCUT2D eigenvalue weighted by molar-refractivity contribution is -0.123. The fraction of sp³-hybridized carbons (Fsp3) is 0.267. The molecular weight excluding hydrogens is 436 g/mol. The van der Waals surface area contributed by atoms with Crippen molar-refractivity contribution in [3.63, 3.8) is 0 Å². The van der Waals surface area contributed by atoms with E-state index >= 15 is 0 Å². The molecule has 5 heteroatoms. The molecule has 0 saturated carbocycles. The Hall–Kier alpha value is -3.86. The number of rotatable bonds is 6. The Kier molecular flexibility index (Phi) is 7.06. The van der Waals surface area contributed by atoms with E-state index in [1.165, 1.54) is 10.5 Å². The largest absolute Gasteiger partial charge is 0.449 e. The molecule has 0 unspecified atom stereocenters. The quantitative estimate of drug-likeness (QED) is 0.492. The van der Waals surface area contributed by atoms with Crippen molar-refractivity contribution in [2.45, 2.75) is 39.5 Å². The predicted octanol–water partition coefficient (Wildman–Crippen LogP) is 5.42. The molecule has 180 valence electrons. The third-order valence-electron chi connectivity index (χ3n) is 6.05. The van der Waals surface area contributed by atoms with Gasteiger partial charge in [-0.05, 0) is 53.7 Å². The molecule has 0 fully saturated rings. The highest BCUT2D eigenvalue weighted by Crippen LogP contribution is 2.39. The molecule has 3 aromatic rings. The van der Waals surface area contributed by atoms with Gasteiger partial charge in [-0.15, -0.1) is 0 Å². The SMILES string of the molecule is Cc1ccc(CCNC(=O)CN2C(=O)/C(=C/c3ccccc3)Oc3ccc(C(C)(C)C)cc32)cc1. The first-order valence-corrected chi connectivity index (χ1v) is 11.9. The van der Waals surface area contributed by atoms with Crippen LogP contribution < -0.4 is 15.0 Å². The van der Waals surface area contributed by atoms with Gasteiger partial charge in [0.2, 0.25) is 5.91 Å². The lowest BCUT2D eigenvalue weighted by Gasteiger charge is -2.32. The zero-order chi connectivity index (χ0) is 25.0. The Morgan fingerprint density at radius 3 is 2.40 bits per heavy atom. The van der Waals surface area contributed by atoms with Crippen molar-refractivity contribution >= 4 is 23.6 Å². The highest BCUT2D eigenvalue weighted by molar-refractivity contribution is 6.12. The van der Waals surface area contributed by atoms with Gasteiger partial charge in [0.15, 0.2) is 11.5 Å². The summed E-state index contributed by atoms with van der Waals surface area (Å²) in [6.07, 6.45) is 2.44. The van der Waals surface area contributed by atoms with E-state index in [0.29, 0.717) is 18.0 Å². The first-order chi connectivity index (χ1) is 16.7. The number of fused-ring (bicyclic) bond motifs is 1. The summed E-state index contributed by atoms with van der Waals surface area (Å²) in [5.74, 6) is 0.214. The third kappa shape index (κ3) is 5.99. The molecular formula is C30H32N2O3. The molecule has 2 amide bonds. The lowest BCUT2D eigenvalue weighted by atomic mass is 9.86. The van der Waals surface area contributed by atoms with Gasteiger partial charge < -0.3 is 10.1 Å². The number of nitrogens with one attached hydrogen (secondary N) is 1. The molecule has 0 atom stereocenters. The minimum Gasteiger partial charge on any atom is -0.449 e. The summed E-state index contributed by atoms with van der Waals surface area (Å²) in [6, 6.07) is 23.6. The van der Waals surface area contributed by atoms with Crippen molar-refractivity contribution in [2.24, 2.45) is 0 Å². The summed E-state index contributed by atoms with van der Waals surface area (Å²) in [6.45, 7) is 8.81. The zero-order valence-corrected chi connectivity index (χ0v) is 20.8. The van der Waals surface area contributed by atoms with E-state index in [0.717, 1.165) is 23.1 Å². The van der Waals surface area contributed by atoms with E-state index in [-0.39, 0.29) is 29.5 Å². The highest BCUT2D eigenvalue weighted by Gasteiger charge is 2.33. The Morgan fingerprint density at radius 1 is 1.00 bits per heavy atom. The van der Waals surface area contributed by atoms with Crippen LogP contribution in [0.15, 0.2) is 78.6 Å². The molecule has 5 nitrogen and oxygen atoms in total. The van der Waals surface area contributed by atoms with Crippen molar-refractivity contribution in [3.05, 3.63) is 101 Å². The topological polar surface area (TPSA) is 58.6 Å². The second-order valence-corrected chi connectivity index (χ2v) is 9.93. The number of ether oxygens (including phenoxy) is 1. The number of benzene rings is 3. The van der Waals surface area contributed by atoms with Crippen LogP contribution in [0.3, 0.4) is 0 Å². The molecule has 0 radical (unpaired) electrons. The minimum absolute atomic E-state index is 0.0805. The maximum atomic E-state index is 13.5. The summed E-state index contributed by atoms with van der Waals surface area (Å²) >= 11 is 0. The van der Waals surface area contributed by atoms with Crippen LogP contribution in [0.1, 0.15) is 43.0 Å². The van der Waals surface area contributed by atoms with Crippen molar-refractivity contribution in [3.8, 4) is 5.75 Å². The van der Waals surface area contributed by atoms with Crippen molar-refractivity contribution in [1.29, 1.82) is 0 Å². The van der Waals surface area contributed by atoms with Crippen LogP contribution in [0, 0.1) is 6.92 Å². The van der Waals surface area contributed by atoms with Crippen molar-refractivity contribution in [1.82, 2.24) is 5.32 Å². The van der Waals surface area contributed by atoms with E-state index in [1.54, 1.807) is 6.08 Å². The van der Waals surface area contributed by atoms with Gasteiger partial charge in [-0.25, -0.2) is 0 Å². The molecule has 0 aromatic heterocycles. The smallest absolute Gasteiger partial charge is 0.294 e. The number of amides is 2. The summed E-state index contributed by atoms with van der Waals surface area (Å²) in [5, 5.41) is 2.96. The fourth-order valence-electron chi connectivity index (χ4n) is 3.93. The fourth-order valence-corrected chi connectivity index (χ4v) is 3.93. The number of hydrogen-bond donors (Lipinski definition) is 1. The first kappa shape index (κ1) is 24.3. The maximum Gasteiger partial charge on any atom is 0.294 e. The number of aryl methyl sites for hydroxylation is 1. The van der Waals surface area contributed by atoms with Gasteiger partial charge in [-0.3, -0.25) is 14.5 Å². The van der Waals surface area contributed by atoms with Gasteiger partial charge in [0, 0.05) is 6.54 Å². The van der Waals surface area contributed by atoms with E-state index < -0.39 is 0 Å². The van der Waals surface area contributed by atoms with Gasteiger partial charge in [0.05, 0.1) is 5.69 Å². The standard InChI is InChI=1S/C30H32N2O3/c1-21-10-12-22(13-11-21)16-17-31-28(33)20-32-25-19-24(30(2,3)4)14-15-26(25)35-27(29(32)34)18-23-8-6-5-7-9-23/h5-15,18-19H,16-17,20H2,1-4H3,(H,31,33)/b27-18-. The van der Waals surface area contributed by atoms with Crippen LogP contribution in [-0.2, 0) is 21.4 Å². The number of hydrogen-bond acceptors (Lipinski definition) is 3. The van der Waals surface area contributed by atoms with E-state index in [4.69, 9.17) is 4.74 Å². The van der Waals surface area contributed by atoms with Crippen LogP contribution in [0.5, 0.6) is 5.75 Å². The third-order valence-corrected chi connectivity index (χ3v) is 6.05. The molecule has 1 N–H and O–H groups in total. The Labute approximate surface area is 207 Å². The van der Waals surface area contributed by atoms with E-state index in [1.807, 2.05) is 55.5 Å². The van der Waals surface area contributed by atoms with Crippen LogP contribution in [0.4, 0.5) is 5.69 Å². The van der Waals surface area contributed by atoms with E-state index in [9.17, 15) is 9.59 Å². The molecule has 35 heavy (non-hydrogen) atoms. The van der Waals surface area contributed by atoms with Gasteiger partial charge in [0.25, 0.3) is 5.91 Å². The van der Waals surface area contributed by atoms with Gasteiger partial charge in [-0.2, -0.15) is 0 Å². The van der Waals surface area contributed by atoms with Crippen LogP contribution in [0.2, 0.25) is 0 Å². The number of carbonyl (C=O) groups excluding carboxylic acids is 2. The second kappa shape index (κ2) is 10.2. The predicted molar refractivity (Wildman–Crippen MR) is 140 cm³/mol. The number of nitrogens with zero attached hydrogens (tertiary/aromatic N) is 1. The average molecular weight is 469 g/mol. The number of anilines is 1. The first-order valence-electron chi connectivity index (χ1n) is 11.9. The lowest BCUT2D eigenvalue weighted by Crippen LogP contribution is -2.44. The van der Waals surface area contributed by atoms with Crippen molar-refractivity contribution in [2.75, 3.05) is 18.0 Å². The highest BCUT2D eigenvalue weighted by atomic mass is 16.5. The van der Waals surface area contributed by atoms with Crippen LogP contribution in [0.25, 0.3) is 6.08 Å². The summed E-state index contributed by atoms with van der Waals surface area (Å²) in [7, 11) is 0.